The highest BCUT2D eigenvalue weighted by molar-refractivity contribution is 4.93. The Bertz CT molecular complexity index is 236. The van der Waals surface area contributed by atoms with Gasteiger partial charge in [-0.2, -0.15) is 0 Å². The molecule has 0 amide bonds. The van der Waals surface area contributed by atoms with E-state index in [0.717, 1.165) is 6.42 Å². The molecule has 1 heterocycles. The van der Waals surface area contributed by atoms with E-state index in [1.807, 2.05) is 0 Å². The third kappa shape index (κ3) is 4.04. The van der Waals surface area contributed by atoms with Crippen LogP contribution >= 0.6 is 0 Å². The van der Waals surface area contributed by atoms with Gasteiger partial charge < -0.3 is 9.84 Å². The van der Waals surface area contributed by atoms with Crippen molar-refractivity contribution in [2.24, 2.45) is 11.3 Å². The van der Waals surface area contributed by atoms with Gasteiger partial charge in [0.05, 0.1) is 0 Å². The Balaban J connectivity index is 2.41. The fourth-order valence-corrected chi connectivity index (χ4v) is 2.44. The number of nitrogens with one attached hydrogen (secondary N) is 1. The number of rotatable bonds is 6. The Kier molecular flexibility index (Phi) is 4.04. The first kappa shape index (κ1) is 13.9. The van der Waals surface area contributed by atoms with Gasteiger partial charge in [0, 0.05) is 12.1 Å². The summed E-state index contributed by atoms with van der Waals surface area (Å²) >= 11 is 0. The maximum absolute atomic E-state index is 9.29. The van der Waals surface area contributed by atoms with Gasteiger partial charge in [-0.25, -0.2) is 0 Å². The highest BCUT2D eigenvalue weighted by Gasteiger charge is 2.44. The Hall–Kier alpha value is -0.120. The summed E-state index contributed by atoms with van der Waals surface area (Å²) in [6.07, 6.45) is 1.49. The van der Waals surface area contributed by atoms with E-state index in [-0.39, 0.29) is 23.8 Å². The van der Waals surface area contributed by atoms with Crippen LogP contribution in [0.2, 0.25) is 0 Å². The standard InChI is InChI=1S/C13H27NO2/c1-9(2)10-11(16-10)14-13(5,6)7-12(3,4)8-15/h9-11,14-15H,7-8H2,1-6H3. The van der Waals surface area contributed by atoms with E-state index in [1.165, 1.54) is 0 Å². The molecular formula is C13H27NO2. The molecule has 2 atom stereocenters. The topological polar surface area (TPSA) is 44.8 Å². The normalized spacial score (nSPS) is 26.2. The maximum Gasteiger partial charge on any atom is 0.135 e. The van der Waals surface area contributed by atoms with Crippen LogP contribution in [0.4, 0.5) is 0 Å². The van der Waals surface area contributed by atoms with Gasteiger partial charge in [0.25, 0.3) is 0 Å². The molecule has 0 spiro atoms. The van der Waals surface area contributed by atoms with Crippen molar-refractivity contribution in [3.63, 3.8) is 0 Å². The van der Waals surface area contributed by atoms with Crippen molar-refractivity contribution >= 4 is 0 Å². The molecule has 1 aliphatic heterocycles. The molecule has 2 N–H and O–H groups in total. The smallest absolute Gasteiger partial charge is 0.135 e. The minimum atomic E-state index is -0.0429. The lowest BCUT2D eigenvalue weighted by molar-refractivity contribution is 0.112. The van der Waals surface area contributed by atoms with Gasteiger partial charge in [-0.05, 0) is 31.6 Å². The molecule has 3 heteroatoms. The lowest BCUT2D eigenvalue weighted by Gasteiger charge is -2.34. The first-order valence-corrected chi connectivity index (χ1v) is 6.21. The van der Waals surface area contributed by atoms with E-state index in [0.29, 0.717) is 12.0 Å². The van der Waals surface area contributed by atoms with Crippen LogP contribution in [0, 0.1) is 11.3 Å². The molecular weight excluding hydrogens is 202 g/mol. The van der Waals surface area contributed by atoms with Gasteiger partial charge in [0.2, 0.25) is 0 Å². The molecule has 0 aliphatic carbocycles. The number of aliphatic hydroxyl groups excluding tert-OH is 1. The quantitative estimate of drug-likeness (QED) is 0.686. The summed E-state index contributed by atoms with van der Waals surface area (Å²) in [5.74, 6) is 0.569. The average Bonchev–Trinajstić information content (AvgIpc) is 2.81. The molecule has 3 nitrogen and oxygen atoms in total. The molecule has 2 unspecified atom stereocenters. The van der Waals surface area contributed by atoms with Crippen LogP contribution in [0.3, 0.4) is 0 Å². The minimum absolute atomic E-state index is 0.000532. The number of epoxide rings is 1. The van der Waals surface area contributed by atoms with Crippen molar-refractivity contribution in [1.29, 1.82) is 0 Å². The molecule has 96 valence electrons. The second-order valence-corrected chi connectivity index (χ2v) is 6.79. The summed E-state index contributed by atoms with van der Waals surface area (Å²) < 4.78 is 5.59. The van der Waals surface area contributed by atoms with Crippen molar-refractivity contribution < 1.29 is 9.84 Å². The molecule has 0 aromatic heterocycles. The molecule has 1 saturated heterocycles. The van der Waals surface area contributed by atoms with Crippen molar-refractivity contribution in [2.75, 3.05) is 6.61 Å². The summed E-state index contributed by atoms with van der Waals surface area (Å²) in [5, 5.41) is 12.8. The second-order valence-electron chi connectivity index (χ2n) is 6.79. The fraction of sp³-hybridized carbons (Fsp3) is 1.00. The van der Waals surface area contributed by atoms with Gasteiger partial charge in [0.1, 0.15) is 12.3 Å². The van der Waals surface area contributed by atoms with E-state index in [2.05, 4.69) is 46.9 Å². The zero-order chi connectivity index (χ0) is 12.6. The monoisotopic (exact) mass is 229 g/mol. The predicted octanol–water partition coefficient (Wildman–Crippen LogP) is 2.14. The molecule has 1 aliphatic rings. The third-order valence-corrected chi connectivity index (χ3v) is 3.06. The molecule has 0 aromatic rings. The number of aliphatic hydroxyl groups is 1. The molecule has 0 bridgehead atoms. The first-order chi connectivity index (χ1) is 7.17. The summed E-state index contributed by atoms with van der Waals surface area (Å²) in [6, 6.07) is 0. The lowest BCUT2D eigenvalue weighted by atomic mass is 9.80. The van der Waals surface area contributed by atoms with Crippen LogP contribution in [0.1, 0.15) is 48.0 Å². The Morgan fingerprint density at radius 1 is 1.25 bits per heavy atom. The summed E-state index contributed by atoms with van der Waals surface area (Å²) in [7, 11) is 0. The molecule has 0 radical (unpaired) electrons. The van der Waals surface area contributed by atoms with Crippen LogP contribution in [0.5, 0.6) is 0 Å². The third-order valence-electron chi connectivity index (χ3n) is 3.06. The van der Waals surface area contributed by atoms with Crippen LogP contribution in [0.15, 0.2) is 0 Å². The second kappa shape index (κ2) is 4.63. The van der Waals surface area contributed by atoms with Gasteiger partial charge in [-0.15, -0.1) is 0 Å². The molecule has 0 saturated carbocycles. The van der Waals surface area contributed by atoms with E-state index in [9.17, 15) is 5.11 Å². The van der Waals surface area contributed by atoms with Crippen LogP contribution in [0.25, 0.3) is 0 Å². The fourth-order valence-electron chi connectivity index (χ4n) is 2.44. The zero-order valence-corrected chi connectivity index (χ0v) is 11.5. The minimum Gasteiger partial charge on any atom is -0.396 e. The first-order valence-electron chi connectivity index (χ1n) is 6.21. The largest absolute Gasteiger partial charge is 0.396 e. The Labute approximate surface area is 99.6 Å². The highest BCUT2D eigenvalue weighted by atomic mass is 16.6. The van der Waals surface area contributed by atoms with E-state index in [1.54, 1.807) is 0 Å². The van der Waals surface area contributed by atoms with Gasteiger partial charge in [0.15, 0.2) is 0 Å². The van der Waals surface area contributed by atoms with Crippen LogP contribution in [-0.4, -0.2) is 29.6 Å². The zero-order valence-electron chi connectivity index (χ0n) is 11.5. The van der Waals surface area contributed by atoms with Crippen molar-refractivity contribution in [1.82, 2.24) is 5.32 Å². The van der Waals surface area contributed by atoms with E-state index < -0.39 is 0 Å². The van der Waals surface area contributed by atoms with Crippen LogP contribution < -0.4 is 5.32 Å². The predicted molar refractivity (Wildman–Crippen MR) is 66.2 cm³/mol. The molecule has 1 rings (SSSR count). The molecule has 16 heavy (non-hydrogen) atoms. The van der Waals surface area contributed by atoms with Gasteiger partial charge in [-0.1, -0.05) is 27.7 Å². The van der Waals surface area contributed by atoms with Crippen molar-refractivity contribution in [3.05, 3.63) is 0 Å². The number of hydrogen-bond donors (Lipinski definition) is 2. The summed E-state index contributed by atoms with van der Waals surface area (Å²) in [4.78, 5) is 0. The average molecular weight is 229 g/mol. The van der Waals surface area contributed by atoms with Crippen molar-refractivity contribution in [2.45, 2.75) is 65.8 Å². The van der Waals surface area contributed by atoms with Gasteiger partial charge in [-0.3, -0.25) is 5.32 Å². The maximum atomic E-state index is 9.29. The summed E-state index contributed by atoms with van der Waals surface area (Å²) in [6.45, 7) is 13.1. The molecule has 0 aromatic carbocycles. The SMILES string of the molecule is CC(C)C1OC1NC(C)(C)CC(C)(C)CO. The van der Waals surface area contributed by atoms with Gasteiger partial charge >= 0.3 is 0 Å². The lowest BCUT2D eigenvalue weighted by Crippen LogP contribution is -2.46. The number of ether oxygens (including phenoxy) is 1. The Morgan fingerprint density at radius 3 is 2.19 bits per heavy atom. The van der Waals surface area contributed by atoms with Crippen LogP contribution in [-0.2, 0) is 4.74 Å². The highest BCUT2D eigenvalue weighted by Crippen LogP contribution is 2.32. The summed E-state index contributed by atoms with van der Waals surface area (Å²) in [5.41, 5.74) is -0.0424. The van der Waals surface area contributed by atoms with E-state index in [4.69, 9.17) is 4.74 Å². The van der Waals surface area contributed by atoms with E-state index >= 15 is 0 Å². The number of hydrogen-bond acceptors (Lipinski definition) is 3. The van der Waals surface area contributed by atoms with Crippen molar-refractivity contribution in [3.8, 4) is 0 Å². The Morgan fingerprint density at radius 2 is 1.81 bits per heavy atom. The molecule has 1 fully saturated rings.